The first-order valence-corrected chi connectivity index (χ1v) is 12.3. The van der Waals surface area contributed by atoms with E-state index in [1.807, 2.05) is 30.3 Å². The van der Waals surface area contributed by atoms with E-state index in [1.54, 1.807) is 29.2 Å². The summed E-state index contributed by atoms with van der Waals surface area (Å²) in [6, 6.07) is 14.4. The topological polar surface area (TPSA) is 104 Å². The number of rotatable bonds is 5. The fraction of sp³-hybridized carbons (Fsp3) is 0.391. The first-order valence-electron chi connectivity index (χ1n) is 10.4. The summed E-state index contributed by atoms with van der Waals surface area (Å²) >= 11 is 0. The van der Waals surface area contributed by atoms with Crippen LogP contribution in [0.15, 0.2) is 54.6 Å². The van der Waals surface area contributed by atoms with Gasteiger partial charge >= 0.3 is 5.97 Å². The zero-order valence-electron chi connectivity index (χ0n) is 17.3. The second-order valence-electron chi connectivity index (χ2n) is 8.32. The van der Waals surface area contributed by atoms with E-state index in [4.69, 9.17) is 0 Å². The molecule has 0 spiro atoms. The monoisotopic (exact) mass is 442 g/mol. The molecular weight excluding hydrogens is 416 g/mol. The molecule has 1 aliphatic carbocycles. The number of hydrogen-bond acceptors (Lipinski definition) is 4. The minimum atomic E-state index is -3.49. The van der Waals surface area contributed by atoms with Gasteiger partial charge in [-0.1, -0.05) is 61.4 Å². The first-order chi connectivity index (χ1) is 14.8. The van der Waals surface area contributed by atoms with Crippen molar-refractivity contribution in [3.05, 3.63) is 71.3 Å². The molecule has 4 atom stereocenters. The molecule has 2 aromatic carbocycles. The molecule has 2 aromatic rings. The maximum absolute atomic E-state index is 13.7. The lowest BCUT2D eigenvalue weighted by molar-refractivity contribution is -0.141. The van der Waals surface area contributed by atoms with Gasteiger partial charge < -0.3 is 10.0 Å². The van der Waals surface area contributed by atoms with Crippen LogP contribution in [0.25, 0.3) is 0 Å². The summed E-state index contributed by atoms with van der Waals surface area (Å²) in [6.07, 6.45) is 4.01. The molecule has 8 heteroatoms. The van der Waals surface area contributed by atoms with E-state index in [0.29, 0.717) is 24.0 Å². The number of aliphatic carboxylic acids is 1. The zero-order chi connectivity index (χ0) is 22.2. The van der Waals surface area contributed by atoms with E-state index in [1.165, 1.54) is 0 Å². The molecule has 4 rings (SSSR count). The highest BCUT2D eigenvalue weighted by Gasteiger charge is 2.48. The Labute approximate surface area is 182 Å². The Hall–Kier alpha value is -2.71. The van der Waals surface area contributed by atoms with E-state index >= 15 is 0 Å². The number of nitrogens with zero attached hydrogens (tertiary/aromatic N) is 1. The molecule has 31 heavy (non-hydrogen) atoms. The molecule has 0 bridgehead atoms. The number of fused-ring (bicyclic) bond motifs is 1. The van der Waals surface area contributed by atoms with E-state index in [-0.39, 0.29) is 5.91 Å². The van der Waals surface area contributed by atoms with Crippen LogP contribution >= 0.6 is 0 Å². The summed E-state index contributed by atoms with van der Waals surface area (Å²) in [7, 11) is -3.49. The van der Waals surface area contributed by atoms with Crippen molar-refractivity contribution in [1.82, 2.24) is 9.62 Å². The summed E-state index contributed by atoms with van der Waals surface area (Å²) < 4.78 is 26.7. The average Bonchev–Trinajstić information content (AvgIpc) is 2.73. The second-order valence-corrected chi connectivity index (χ2v) is 10.1. The van der Waals surface area contributed by atoms with Gasteiger partial charge in [0.15, 0.2) is 0 Å². The maximum atomic E-state index is 13.7. The third kappa shape index (κ3) is 4.22. The molecule has 1 aliphatic heterocycles. The van der Waals surface area contributed by atoms with Crippen molar-refractivity contribution in [2.75, 3.05) is 6.26 Å². The highest BCUT2D eigenvalue weighted by atomic mass is 32.2. The minimum Gasteiger partial charge on any atom is -0.481 e. The van der Waals surface area contributed by atoms with Crippen molar-refractivity contribution >= 4 is 21.9 Å². The number of carbonyl (C=O) groups is 2. The van der Waals surface area contributed by atoms with Crippen LogP contribution in [0.5, 0.6) is 0 Å². The zero-order valence-corrected chi connectivity index (χ0v) is 18.1. The van der Waals surface area contributed by atoms with E-state index in [9.17, 15) is 23.1 Å². The second kappa shape index (κ2) is 8.43. The Bertz CT molecular complexity index is 1090. The SMILES string of the molecule is CS(=O)(=O)NC1CCCCC1N1C(=O)c2ccccc2C(C(=O)O)C1c1ccccc1. The molecule has 164 valence electrons. The van der Waals surface area contributed by atoms with Crippen LogP contribution < -0.4 is 4.72 Å². The molecule has 2 N–H and O–H groups in total. The fourth-order valence-electron chi connectivity index (χ4n) is 5.04. The summed E-state index contributed by atoms with van der Waals surface area (Å²) in [6.45, 7) is 0. The number of hydrogen-bond donors (Lipinski definition) is 2. The molecule has 0 saturated heterocycles. The highest BCUT2D eigenvalue weighted by Crippen LogP contribution is 2.45. The molecule has 1 fully saturated rings. The molecule has 1 saturated carbocycles. The Morgan fingerprint density at radius 1 is 1.03 bits per heavy atom. The Morgan fingerprint density at radius 2 is 1.68 bits per heavy atom. The van der Waals surface area contributed by atoms with Crippen LogP contribution in [0.3, 0.4) is 0 Å². The third-order valence-electron chi connectivity index (χ3n) is 6.24. The quantitative estimate of drug-likeness (QED) is 0.741. The van der Waals surface area contributed by atoms with Crippen LogP contribution in [-0.2, 0) is 14.8 Å². The van der Waals surface area contributed by atoms with E-state index in [2.05, 4.69) is 4.72 Å². The molecule has 1 amide bonds. The van der Waals surface area contributed by atoms with Gasteiger partial charge in [0.25, 0.3) is 5.91 Å². The minimum absolute atomic E-state index is 0.255. The number of carboxylic acid groups (broad SMARTS) is 1. The highest BCUT2D eigenvalue weighted by molar-refractivity contribution is 7.88. The van der Waals surface area contributed by atoms with E-state index < -0.39 is 40.0 Å². The van der Waals surface area contributed by atoms with Crippen LogP contribution in [-0.4, -0.2) is 48.6 Å². The lowest BCUT2D eigenvalue weighted by Gasteiger charge is -2.48. The summed E-state index contributed by atoms with van der Waals surface area (Å²) in [5, 5.41) is 10.2. The van der Waals surface area contributed by atoms with Crippen molar-refractivity contribution in [3.63, 3.8) is 0 Å². The lowest BCUT2D eigenvalue weighted by Crippen LogP contribution is -2.58. The van der Waals surface area contributed by atoms with Gasteiger partial charge in [0.05, 0.1) is 12.3 Å². The van der Waals surface area contributed by atoms with Gasteiger partial charge in [0.2, 0.25) is 10.0 Å². The smallest absolute Gasteiger partial charge is 0.313 e. The fourth-order valence-corrected chi connectivity index (χ4v) is 5.87. The molecular formula is C23H26N2O5S. The van der Waals surface area contributed by atoms with Crippen molar-refractivity contribution in [3.8, 4) is 0 Å². The van der Waals surface area contributed by atoms with Gasteiger partial charge in [0, 0.05) is 17.6 Å². The number of benzene rings is 2. The summed E-state index contributed by atoms with van der Waals surface area (Å²) in [4.78, 5) is 27.9. The number of carbonyl (C=O) groups excluding carboxylic acids is 1. The first kappa shape index (κ1) is 21.5. The van der Waals surface area contributed by atoms with Crippen LogP contribution in [0.1, 0.15) is 59.1 Å². The maximum Gasteiger partial charge on any atom is 0.313 e. The Kier molecular flexibility index (Phi) is 5.85. The van der Waals surface area contributed by atoms with Crippen LogP contribution in [0.4, 0.5) is 0 Å². The normalized spacial score (nSPS) is 26.4. The van der Waals surface area contributed by atoms with Crippen molar-refractivity contribution in [2.24, 2.45) is 0 Å². The number of sulfonamides is 1. The van der Waals surface area contributed by atoms with Crippen molar-refractivity contribution < 1.29 is 23.1 Å². The lowest BCUT2D eigenvalue weighted by atomic mass is 9.77. The molecule has 0 aromatic heterocycles. The van der Waals surface area contributed by atoms with Gasteiger partial charge in [-0.2, -0.15) is 0 Å². The number of carboxylic acids is 1. The molecule has 4 unspecified atom stereocenters. The Balaban J connectivity index is 1.89. The Morgan fingerprint density at radius 3 is 2.35 bits per heavy atom. The predicted molar refractivity (Wildman–Crippen MR) is 116 cm³/mol. The standard InChI is InChI=1S/C23H26N2O5S/c1-31(29,30)24-18-13-7-8-14-19(18)25-21(15-9-3-2-4-10-15)20(23(27)28)16-11-5-6-12-17(16)22(25)26/h2-6,9-12,18-21,24H,7-8,13-14H2,1H3,(H,27,28). The van der Waals surface area contributed by atoms with Gasteiger partial charge in [-0.3, -0.25) is 9.59 Å². The molecule has 0 radical (unpaired) electrons. The molecule has 2 aliphatic rings. The van der Waals surface area contributed by atoms with Gasteiger partial charge in [-0.15, -0.1) is 0 Å². The summed E-state index contributed by atoms with van der Waals surface area (Å²) in [5.41, 5.74) is 1.58. The third-order valence-corrected chi connectivity index (χ3v) is 6.97. The van der Waals surface area contributed by atoms with Gasteiger partial charge in [-0.05, 0) is 30.0 Å². The van der Waals surface area contributed by atoms with Crippen molar-refractivity contribution in [2.45, 2.75) is 49.7 Å². The van der Waals surface area contributed by atoms with Gasteiger partial charge in [0.1, 0.15) is 5.92 Å². The molecule has 1 heterocycles. The number of nitrogens with one attached hydrogen (secondary N) is 1. The average molecular weight is 443 g/mol. The van der Waals surface area contributed by atoms with Crippen LogP contribution in [0, 0.1) is 0 Å². The van der Waals surface area contributed by atoms with E-state index in [0.717, 1.165) is 24.7 Å². The predicted octanol–water partition coefficient (Wildman–Crippen LogP) is 2.91. The largest absolute Gasteiger partial charge is 0.481 e. The summed E-state index contributed by atoms with van der Waals surface area (Å²) in [5.74, 6) is -2.21. The van der Waals surface area contributed by atoms with Crippen molar-refractivity contribution in [1.29, 1.82) is 0 Å². The van der Waals surface area contributed by atoms with Gasteiger partial charge in [-0.25, -0.2) is 13.1 Å². The number of amides is 1. The van der Waals surface area contributed by atoms with Crippen LogP contribution in [0.2, 0.25) is 0 Å². The molecule has 7 nitrogen and oxygen atoms in total.